The van der Waals surface area contributed by atoms with Crippen LogP contribution in [-0.4, -0.2) is 59.8 Å². The molecule has 0 aromatic heterocycles. The van der Waals surface area contributed by atoms with Crippen LogP contribution in [0.25, 0.3) is 0 Å². The zero-order valence-corrected chi connectivity index (χ0v) is 34.2. The van der Waals surface area contributed by atoms with Crippen LogP contribution >= 0.6 is 0 Å². The molecule has 2 bridgehead atoms. The molecular weight excluding hydrogens is 625 g/mol. The predicted octanol–water partition coefficient (Wildman–Crippen LogP) is 10.5. The highest BCUT2D eigenvalue weighted by atomic mass is 28.3. The first-order valence-corrected chi connectivity index (χ1v) is 25.2. The third kappa shape index (κ3) is 3.38. The second-order valence-corrected chi connectivity index (χ2v) is 27.8. The first kappa shape index (κ1) is 32.3. The summed E-state index contributed by atoms with van der Waals surface area (Å²) in [4.78, 5) is 6.54. The standard InChI is InChI=1S/C46H68N2OSi/c1-10-45-26-42(6)19-18-41(4,5)34-24-36(48(45)40(34)42)30-15-14-29(50(7,8)9)23-33(30)46(45)31-16-17-32-39(38(31)35-13-11-12-22-47(35)46)49-37-25-43(28(2)3)20-21-44(32,37)27-43/h16-17,23-24,28,31-32,34-35,37-40H,10-15,18-22,25-27H2,1-9H3. The van der Waals surface area contributed by atoms with E-state index in [1.54, 1.807) is 11.3 Å². The Hall–Kier alpha value is -1.10. The van der Waals surface area contributed by atoms with Crippen LogP contribution in [0.15, 0.2) is 46.3 Å². The molecule has 3 saturated carbocycles. The molecule has 0 amide bonds. The van der Waals surface area contributed by atoms with Gasteiger partial charge in [-0.25, -0.2) is 0 Å². The Morgan fingerprint density at radius 2 is 1.74 bits per heavy atom. The molecule has 0 aromatic carbocycles. The van der Waals surface area contributed by atoms with E-state index in [1.807, 2.05) is 10.8 Å². The topological polar surface area (TPSA) is 15.7 Å². The maximum absolute atomic E-state index is 7.72. The Balaban J connectivity index is 1.16. The minimum absolute atomic E-state index is 0.0342. The van der Waals surface area contributed by atoms with E-state index in [0.717, 1.165) is 5.92 Å². The summed E-state index contributed by atoms with van der Waals surface area (Å²) in [6.07, 6.45) is 30.2. The van der Waals surface area contributed by atoms with Crippen LogP contribution in [-0.2, 0) is 4.74 Å². The van der Waals surface area contributed by atoms with Gasteiger partial charge in [0.25, 0.3) is 0 Å². The molecule has 5 aliphatic carbocycles. The molecule has 11 aliphatic rings. The van der Waals surface area contributed by atoms with Gasteiger partial charge in [-0.2, -0.15) is 0 Å². The summed E-state index contributed by atoms with van der Waals surface area (Å²) in [6.45, 7) is 24.8. The summed E-state index contributed by atoms with van der Waals surface area (Å²) < 4.78 is 7.72. The third-order valence-corrected chi connectivity index (χ3v) is 21.7. The molecule has 50 heavy (non-hydrogen) atoms. The second kappa shape index (κ2) is 9.57. The van der Waals surface area contributed by atoms with Gasteiger partial charge in [0.1, 0.15) is 0 Å². The normalized spacial score (nSPS) is 53.4. The minimum atomic E-state index is -1.47. The molecule has 3 nitrogen and oxygen atoms in total. The van der Waals surface area contributed by atoms with Gasteiger partial charge in [0, 0.05) is 46.9 Å². The predicted molar refractivity (Wildman–Crippen MR) is 207 cm³/mol. The molecule has 4 saturated heterocycles. The molecule has 4 heteroatoms. The van der Waals surface area contributed by atoms with Gasteiger partial charge >= 0.3 is 0 Å². The van der Waals surface area contributed by atoms with Gasteiger partial charge in [0.15, 0.2) is 0 Å². The molecule has 272 valence electrons. The highest BCUT2D eigenvalue weighted by Gasteiger charge is 2.81. The fourth-order valence-corrected chi connectivity index (χ4v) is 18.5. The van der Waals surface area contributed by atoms with E-state index in [-0.39, 0.29) is 11.1 Å². The lowest BCUT2D eigenvalue weighted by molar-refractivity contribution is -0.0539. The third-order valence-electron chi connectivity index (χ3n) is 19.4. The van der Waals surface area contributed by atoms with Gasteiger partial charge in [-0.1, -0.05) is 97.1 Å². The Labute approximate surface area is 305 Å². The number of allylic oxidation sites excluding steroid dienone is 2. The van der Waals surface area contributed by atoms with Gasteiger partial charge in [-0.3, -0.25) is 4.90 Å². The maximum Gasteiger partial charge on any atom is 0.0768 e. The van der Waals surface area contributed by atoms with Crippen LogP contribution in [0.2, 0.25) is 19.6 Å². The Morgan fingerprint density at radius 3 is 2.50 bits per heavy atom. The monoisotopic (exact) mass is 693 g/mol. The van der Waals surface area contributed by atoms with E-state index in [9.17, 15) is 0 Å². The SMILES string of the molecule is CCC12CC3(C)CCC(C)(C)C4C=C(C5=C(C=C([Si](C)(C)C)CC5)C15C1C=CC6C(OC7CC8(C(C)C)CCC76C8)C1C1CCCCN15)N2C43. The number of fused-ring (bicyclic) bond motifs is 11. The van der Waals surface area contributed by atoms with Crippen molar-refractivity contribution in [3.63, 3.8) is 0 Å². The van der Waals surface area contributed by atoms with Crippen LogP contribution in [0.5, 0.6) is 0 Å². The van der Waals surface area contributed by atoms with Crippen molar-refractivity contribution >= 4 is 8.07 Å². The molecule has 13 unspecified atom stereocenters. The lowest BCUT2D eigenvalue weighted by atomic mass is 9.52. The van der Waals surface area contributed by atoms with Gasteiger partial charge in [-0.05, 0) is 117 Å². The first-order chi connectivity index (χ1) is 23.7. The quantitative estimate of drug-likeness (QED) is 0.216. The fourth-order valence-electron chi connectivity index (χ4n) is 17.0. The minimum Gasteiger partial charge on any atom is -0.373 e. The highest BCUT2D eigenvalue weighted by Crippen LogP contribution is 2.78. The summed E-state index contributed by atoms with van der Waals surface area (Å²) >= 11 is 0. The summed E-state index contributed by atoms with van der Waals surface area (Å²) in [5, 5.41) is 1.84. The molecule has 7 fully saturated rings. The van der Waals surface area contributed by atoms with Crippen molar-refractivity contribution in [2.75, 3.05) is 6.54 Å². The van der Waals surface area contributed by atoms with Crippen molar-refractivity contribution in [2.45, 2.75) is 180 Å². The van der Waals surface area contributed by atoms with Crippen molar-refractivity contribution in [2.24, 2.45) is 51.2 Å². The second-order valence-electron chi connectivity index (χ2n) is 22.7. The molecular formula is C46H68N2OSi. The zero-order chi connectivity index (χ0) is 34.6. The number of hydrogen-bond acceptors (Lipinski definition) is 3. The van der Waals surface area contributed by atoms with Crippen LogP contribution in [0.4, 0.5) is 0 Å². The van der Waals surface area contributed by atoms with Crippen molar-refractivity contribution in [1.29, 1.82) is 0 Å². The average Bonchev–Trinajstić information content (AvgIpc) is 3.90. The van der Waals surface area contributed by atoms with E-state index in [4.69, 9.17) is 4.74 Å². The first-order valence-electron chi connectivity index (χ1n) is 21.7. The average molecular weight is 693 g/mol. The van der Waals surface area contributed by atoms with Crippen LogP contribution in [0.1, 0.15) is 125 Å². The lowest BCUT2D eigenvalue weighted by Gasteiger charge is -2.64. The summed E-state index contributed by atoms with van der Waals surface area (Å²) in [7, 11) is -1.47. The van der Waals surface area contributed by atoms with Crippen LogP contribution in [0, 0.1) is 51.2 Å². The summed E-state index contributed by atoms with van der Waals surface area (Å²) in [5.74, 6) is 3.23. The molecule has 0 N–H and O–H groups in total. The molecule has 6 heterocycles. The van der Waals surface area contributed by atoms with E-state index < -0.39 is 8.07 Å². The van der Waals surface area contributed by atoms with Crippen molar-refractivity contribution < 1.29 is 4.74 Å². The van der Waals surface area contributed by atoms with Gasteiger partial charge in [-0.15, -0.1) is 0 Å². The molecule has 6 aliphatic heterocycles. The Morgan fingerprint density at radius 1 is 0.940 bits per heavy atom. The van der Waals surface area contributed by atoms with Crippen molar-refractivity contribution in [3.05, 3.63) is 46.3 Å². The van der Waals surface area contributed by atoms with Gasteiger partial charge in [0.2, 0.25) is 0 Å². The van der Waals surface area contributed by atoms with Gasteiger partial charge in [0.05, 0.1) is 31.4 Å². The van der Waals surface area contributed by atoms with E-state index in [0.29, 0.717) is 69.6 Å². The Bertz CT molecular complexity index is 1680. The van der Waals surface area contributed by atoms with E-state index in [2.05, 4.69) is 95.3 Å². The Kier molecular flexibility index (Phi) is 6.19. The van der Waals surface area contributed by atoms with Crippen molar-refractivity contribution in [3.8, 4) is 0 Å². The molecule has 0 aromatic rings. The van der Waals surface area contributed by atoms with E-state index >= 15 is 0 Å². The summed E-state index contributed by atoms with van der Waals surface area (Å²) in [5.41, 5.74) is 7.15. The highest BCUT2D eigenvalue weighted by molar-refractivity contribution is 6.83. The largest absolute Gasteiger partial charge is 0.373 e. The number of hydrogen-bond donors (Lipinski definition) is 0. The zero-order valence-electron chi connectivity index (χ0n) is 33.2. The molecule has 11 rings (SSSR count). The summed E-state index contributed by atoms with van der Waals surface area (Å²) in [6, 6.07) is 1.30. The number of piperidine rings is 1. The lowest BCUT2D eigenvalue weighted by Crippen LogP contribution is -2.73. The van der Waals surface area contributed by atoms with Gasteiger partial charge < -0.3 is 9.64 Å². The van der Waals surface area contributed by atoms with Crippen LogP contribution < -0.4 is 0 Å². The van der Waals surface area contributed by atoms with E-state index in [1.165, 1.54) is 90.0 Å². The smallest absolute Gasteiger partial charge is 0.0768 e. The molecule has 13 atom stereocenters. The van der Waals surface area contributed by atoms with Crippen LogP contribution in [0.3, 0.4) is 0 Å². The molecule has 0 radical (unpaired) electrons. The maximum atomic E-state index is 7.72. The van der Waals surface area contributed by atoms with Crippen molar-refractivity contribution in [1.82, 2.24) is 9.80 Å². The number of rotatable bonds is 3. The number of nitrogens with zero attached hydrogens (tertiary/aromatic N) is 2. The fraction of sp³-hybridized carbons (Fsp3) is 0.826. The number of ether oxygens (including phenoxy) is 1. The molecule has 2 spiro atoms.